The lowest BCUT2D eigenvalue weighted by molar-refractivity contribution is 0.0836. The molecule has 0 atom stereocenters. The standard InChI is InChI=1S/C26H36ClN5/c1-31(2)18-25(19-32(3)4)12-14-26(15-13-25)24(28-17-20-8-7-9-21(27)16-20)29-22-10-5-6-11-23(22)30-26/h5-11,16,30H,12-15,17-19H2,1-4H3,(H,28,29). The number of hydrogen-bond acceptors (Lipinski definition) is 4. The van der Waals surface area contributed by atoms with Gasteiger partial charge in [-0.3, -0.25) is 4.99 Å². The van der Waals surface area contributed by atoms with Crippen molar-refractivity contribution in [3.05, 3.63) is 59.1 Å². The van der Waals surface area contributed by atoms with E-state index in [0.29, 0.717) is 12.0 Å². The number of halogens is 1. The number of rotatable bonds is 6. The second-order valence-electron chi connectivity index (χ2n) is 10.1. The van der Waals surface area contributed by atoms with E-state index < -0.39 is 0 Å². The minimum absolute atomic E-state index is 0.158. The van der Waals surface area contributed by atoms with E-state index in [-0.39, 0.29) is 5.54 Å². The number of aliphatic imine (C=N–C) groups is 1. The molecule has 1 aliphatic heterocycles. The van der Waals surface area contributed by atoms with E-state index in [1.165, 1.54) is 5.69 Å². The minimum Gasteiger partial charge on any atom is -0.371 e. The van der Waals surface area contributed by atoms with Gasteiger partial charge in [0, 0.05) is 18.1 Å². The number of amidine groups is 1. The highest BCUT2D eigenvalue weighted by atomic mass is 35.5. The molecule has 172 valence electrons. The van der Waals surface area contributed by atoms with Crippen LogP contribution in [-0.4, -0.2) is 62.5 Å². The van der Waals surface area contributed by atoms with Crippen molar-refractivity contribution in [3.8, 4) is 0 Å². The molecular formula is C26H36ClN5. The first kappa shape index (κ1) is 23.1. The summed E-state index contributed by atoms with van der Waals surface area (Å²) in [6.45, 7) is 2.84. The summed E-state index contributed by atoms with van der Waals surface area (Å²) in [6, 6.07) is 16.4. The highest BCUT2D eigenvalue weighted by Crippen LogP contribution is 2.46. The number of hydrogen-bond donors (Lipinski definition) is 2. The molecule has 2 N–H and O–H groups in total. The van der Waals surface area contributed by atoms with Gasteiger partial charge in [-0.25, -0.2) is 0 Å². The maximum Gasteiger partial charge on any atom is 0.127 e. The van der Waals surface area contributed by atoms with Crippen LogP contribution in [0.4, 0.5) is 11.4 Å². The maximum absolute atomic E-state index is 6.21. The lowest BCUT2D eigenvalue weighted by Gasteiger charge is -2.51. The predicted octanol–water partition coefficient (Wildman–Crippen LogP) is 5.20. The summed E-state index contributed by atoms with van der Waals surface area (Å²) in [6.07, 6.45) is 4.45. The molecule has 1 spiro atoms. The van der Waals surface area contributed by atoms with Crippen LogP contribution in [0.15, 0.2) is 53.5 Å². The molecule has 2 aromatic rings. The van der Waals surface area contributed by atoms with Gasteiger partial charge >= 0.3 is 0 Å². The average Bonchev–Trinajstić information content (AvgIpc) is 2.73. The first-order chi connectivity index (χ1) is 15.3. The topological polar surface area (TPSA) is 42.9 Å². The van der Waals surface area contributed by atoms with E-state index in [1.807, 2.05) is 18.2 Å². The van der Waals surface area contributed by atoms with E-state index in [2.05, 4.69) is 79.0 Å². The first-order valence-electron chi connectivity index (χ1n) is 11.5. The van der Waals surface area contributed by atoms with Crippen molar-refractivity contribution < 1.29 is 0 Å². The molecule has 2 aromatic carbocycles. The Morgan fingerprint density at radius 1 is 0.875 bits per heavy atom. The van der Waals surface area contributed by atoms with Crippen molar-refractivity contribution in [2.45, 2.75) is 37.8 Å². The fourth-order valence-corrected chi connectivity index (χ4v) is 5.75. The smallest absolute Gasteiger partial charge is 0.127 e. The summed E-state index contributed by atoms with van der Waals surface area (Å²) >= 11 is 6.21. The van der Waals surface area contributed by atoms with Gasteiger partial charge in [-0.2, -0.15) is 0 Å². The van der Waals surface area contributed by atoms with Crippen LogP contribution in [0.1, 0.15) is 31.2 Å². The van der Waals surface area contributed by atoms with Crippen molar-refractivity contribution in [1.82, 2.24) is 9.80 Å². The fourth-order valence-electron chi connectivity index (χ4n) is 5.54. The average molecular weight is 454 g/mol. The number of fused-ring (bicyclic) bond motifs is 1. The van der Waals surface area contributed by atoms with Gasteiger partial charge in [0.25, 0.3) is 0 Å². The minimum atomic E-state index is -0.158. The Bertz CT molecular complexity index is 948. The number of para-hydroxylation sites is 2. The van der Waals surface area contributed by atoms with E-state index in [0.717, 1.165) is 60.9 Å². The molecule has 4 rings (SSSR count). The van der Waals surface area contributed by atoms with Gasteiger partial charge < -0.3 is 20.4 Å². The number of nitrogens with zero attached hydrogens (tertiary/aromatic N) is 3. The molecule has 0 unspecified atom stereocenters. The zero-order valence-corrected chi connectivity index (χ0v) is 20.5. The van der Waals surface area contributed by atoms with E-state index in [1.54, 1.807) is 0 Å². The van der Waals surface area contributed by atoms with Crippen LogP contribution in [0.25, 0.3) is 0 Å². The monoisotopic (exact) mass is 453 g/mol. The van der Waals surface area contributed by atoms with Gasteiger partial charge in [0.15, 0.2) is 0 Å². The summed E-state index contributed by atoms with van der Waals surface area (Å²) in [7, 11) is 8.76. The quantitative estimate of drug-likeness (QED) is 0.631. The summed E-state index contributed by atoms with van der Waals surface area (Å²) < 4.78 is 0. The van der Waals surface area contributed by atoms with Crippen LogP contribution in [0, 0.1) is 5.41 Å². The molecule has 1 aliphatic carbocycles. The van der Waals surface area contributed by atoms with Crippen molar-refractivity contribution >= 4 is 28.8 Å². The Hall–Kier alpha value is -2.08. The second-order valence-corrected chi connectivity index (χ2v) is 10.6. The molecular weight excluding hydrogens is 418 g/mol. The van der Waals surface area contributed by atoms with Gasteiger partial charge in [-0.15, -0.1) is 0 Å². The number of benzene rings is 2. The predicted molar refractivity (Wildman–Crippen MR) is 137 cm³/mol. The van der Waals surface area contributed by atoms with Gasteiger partial charge in [0.1, 0.15) is 5.84 Å². The molecule has 32 heavy (non-hydrogen) atoms. The summed E-state index contributed by atoms with van der Waals surface area (Å²) in [5.74, 6) is 1.06. The van der Waals surface area contributed by atoms with Crippen LogP contribution >= 0.6 is 11.6 Å². The molecule has 0 aromatic heterocycles. The Morgan fingerprint density at radius 3 is 2.16 bits per heavy atom. The Kier molecular flexibility index (Phi) is 6.80. The number of nitrogens with one attached hydrogen (secondary N) is 2. The van der Waals surface area contributed by atoms with Gasteiger partial charge in [-0.05, 0) is 89.1 Å². The zero-order valence-electron chi connectivity index (χ0n) is 19.8. The molecule has 0 bridgehead atoms. The molecule has 0 amide bonds. The van der Waals surface area contributed by atoms with Crippen molar-refractivity contribution in [2.24, 2.45) is 10.4 Å². The van der Waals surface area contributed by atoms with Gasteiger partial charge in [0.2, 0.25) is 0 Å². The Balaban J connectivity index is 1.62. The first-order valence-corrected chi connectivity index (χ1v) is 11.9. The molecule has 1 fully saturated rings. The SMILES string of the molecule is CN(C)CC1(CN(C)C)CCC2(CC1)Nc1ccccc1NC2=NCc1cccc(Cl)c1. The van der Waals surface area contributed by atoms with Crippen LogP contribution < -0.4 is 10.6 Å². The normalized spacial score (nSPS) is 20.3. The fraction of sp³-hybridized carbons (Fsp3) is 0.500. The van der Waals surface area contributed by atoms with Crippen molar-refractivity contribution in [3.63, 3.8) is 0 Å². The third kappa shape index (κ3) is 5.11. The molecule has 5 nitrogen and oxygen atoms in total. The summed E-state index contributed by atoms with van der Waals surface area (Å²) in [4.78, 5) is 9.79. The van der Waals surface area contributed by atoms with Gasteiger partial charge in [0.05, 0.1) is 23.5 Å². The molecule has 1 saturated carbocycles. The van der Waals surface area contributed by atoms with Crippen LogP contribution in [0.5, 0.6) is 0 Å². The van der Waals surface area contributed by atoms with Crippen molar-refractivity contribution in [2.75, 3.05) is 51.9 Å². The van der Waals surface area contributed by atoms with Crippen LogP contribution in [0.3, 0.4) is 0 Å². The third-order valence-corrected chi connectivity index (χ3v) is 7.02. The van der Waals surface area contributed by atoms with E-state index in [4.69, 9.17) is 16.6 Å². The molecule has 2 aliphatic rings. The largest absolute Gasteiger partial charge is 0.371 e. The number of anilines is 2. The third-order valence-electron chi connectivity index (χ3n) is 6.78. The lowest BCUT2D eigenvalue weighted by Crippen LogP contribution is -2.58. The molecule has 6 heteroatoms. The highest BCUT2D eigenvalue weighted by Gasteiger charge is 2.47. The second kappa shape index (κ2) is 9.42. The lowest BCUT2D eigenvalue weighted by atomic mass is 9.65. The summed E-state index contributed by atoms with van der Waals surface area (Å²) in [5.41, 5.74) is 3.54. The van der Waals surface area contributed by atoms with Crippen molar-refractivity contribution in [1.29, 1.82) is 0 Å². The van der Waals surface area contributed by atoms with Crippen LogP contribution in [0.2, 0.25) is 5.02 Å². The van der Waals surface area contributed by atoms with Crippen LogP contribution in [-0.2, 0) is 6.54 Å². The van der Waals surface area contributed by atoms with E-state index in [9.17, 15) is 0 Å². The Labute approximate surface area is 197 Å². The Morgan fingerprint density at radius 2 is 1.53 bits per heavy atom. The van der Waals surface area contributed by atoms with Gasteiger partial charge in [-0.1, -0.05) is 35.9 Å². The maximum atomic E-state index is 6.21. The highest BCUT2D eigenvalue weighted by molar-refractivity contribution is 6.30. The summed E-state index contributed by atoms with van der Waals surface area (Å²) in [5, 5.41) is 8.35. The van der Waals surface area contributed by atoms with E-state index >= 15 is 0 Å². The molecule has 0 radical (unpaired) electrons. The zero-order chi connectivity index (χ0) is 22.8. The molecule has 1 heterocycles. The molecule has 0 saturated heterocycles.